The number of nitrogens with zero attached hydrogens (tertiary/aromatic N) is 2. The largest absolute Gasteiger partial charge is 0.389 e. The fourth-order valence-corrected chi connectivity index (χ4v) is 4.21. The maximum atomic E-state index is 12.9. The summed E-state index contributed by atoms with van der Waals surface area (Å²) < 4.78 is 0. The van der Waals surface area contributed by atoms with Gasteiger partial charge < -0.3 is 21.1 Å². The van der Waals surface area contributed by atoms with E-state index >= 15 is 0 Å². The van der Waals surface area contributed by atoms with Gasteiger partial charge in [-0.25, -0.2) is 4.98 Å². The molecule has 2 atom stereocenters. The van der Waals surface area contributed by atoms with E-state index in [1.54, 1.807) is 0 Å². The van der Waals surface area contributed by atoms with Gasteiger partial charge in [-0.3, -0.25) is 4.79 Å². The van der Waals surface area contributed by atoms with Gasteiger partial charge in [0, 0.05) is 42.4 Å². The Hall–Kier alpha value is -2.44. The highest BCUT2D eigenvalue weighted by atomic mass is 16.3. The summed E-state index contributed by atoms with van der Waals surface area (Å²) >= 11 is 0. The highest BCUT2D eigenvalue weighted by molar-refractivity contribution is 5.95. The number of nitrogens with one attached hydrogen (secondary N) is 1. The first-order valence-electron chi connectivity index (χ1n) is 9.52. The first kappa shape index (κ1) is 17.9. The van der Waals surface area contributed by atoms with Crippen LogP contribution in [0.2, 0.25) is 0 Å². The van der Waals surface area contributed by atoms with Gasteiger partial charge in [0.2, 0.25) is 0 Å². The topological polar surface area (TPSA) is 91.5 Å². The van der Waals surface area contributed by atoms with Crippen LogP contribution in [0.25, 0.3) is 11.1 Å². The molecule has 4 N–H and O–H groups in total. The van der Waals surface area contributed by atoms with Crippen molar-refractivity contribution in [1.82, 2.24) is 15.2 Å². The maximum absolute atomic E-state index is 12.9. The van der Waals surface area contributed by atoms with Gasteiger partial charge in [0.15, 0.2) is 0 Å². The molecule has 2 aliphatic heterocycles. The number of rotatable bonds is 2. The zero-order valence-corrected chi connectivity index (χ0v) is 15.6. The molecule has 0 bridgehead atoms. The normalized spacial score (nSPS) is 25.1. The summed E-state index contributed by atoms with van der Waals surface area (Å²) in [4.78, 5) is 19.1. The van der Waals surface area contributed by atoms with Crippen LogP contribution in [-0.2, 0) is 0 Å². The van der Waals surface area contributed by atoms with Crippen molar-refractivity contribution in [2.75, 3.05) is 31.9 Å². The Labute approximate surface area is 159 Å². The number of aliphatic hydroxyl groups is 1. The number of aryl methyl sites for hydroxylation is 1. The Bertz CT molecular complexity index is 852. The van der Waals surface area contributed by atoms with Gasteiger partial charge in [0.25, 0.3) is 5.91 Å². The van der Waals surface area contributed by atoms with Gasteiger partial charge >= 0.3 is 0 Å². The van der Waals surface area contributed by atoms with Crippen molar-refractivity contribution in [2.24, 2.45) is 5.92 Å². The van der Waals surface area contributed by atoms with E-state index in [0.29, 0.717) is 30.9 Å². The molecule has 2 saturated heterocycles. The summed E-state index contributed by atoms with van der Waals surface area (Å²) in [6.45, 7) is 4.71. The molecular formula is C21H26N4O2. The van der Waals surface area contributed by atoms with Crippen LogP contribution in [0.5, 0.6) is 0 Å². The lowest BCUT2D eigenvalue weighted by atomic mass is 9.76. The second-order valence-electron chi connectivity index (χ2n) is 7.72. The maximum Gasteiger partial charge on any atom is 0.253 e. The van der Waals surface area contributed by atoms with Crippen molar-refractivity contribution in [3.05, 3.63) is 47.7 Å². The lowest BCUT2D eigenvalue weighted by molar-refractivity contribution is -0.0817. The van der Waals surface area contributed by atoms with E-state index < -0.39 is 5.60 Å². The molecule has 27 heavy (non-hydrogen) atoms. The number of amides is 1. The molecule has 0 aliphatic carbocycles. The van der Waals surface area contributed by atoms with Crippen molar-refractivity contribution >= 4 is 11.7 Å². The fraction of sp³-hybridized carbons (Fsp3) is 0.429. The molecule has 1 aromatic heterocycles. The zero-order valence-electron chi connectivity index (χ0n) is 15.6. The minimum Gasteiger partial charge on any atom is -0.389 e. The number of anilines is 1. The number of hydrogen-bond acceptors (Lipinski definition) is 5. The molecule has 1 aromatic carbocycles. The molecular weight excluding hydrogens is 340 g/mol. The lowest BCUT2D eigenvalue weighted by Crippen LogP contribution is -2.59. The van der Waals surface area contributed by atoms with Crippen LogP contribution in [0.1, 0.15) is 28.9 Å². The number of carbonyl (C=O) groups excluding carboxylic acids is 1. The minimum atomic E-state index is -0.623. The van der Waals surface area contributed by atoms with E-state index in [4.69, 9.17) is 5.73 Å². The molecule has 0 spiro atoms. The van der Waals surface area contributed by atoms with Gasteiger partial charge in [-0.15, -0.1) is 0 Å². The molecule has 2 aromatic rings. The first-order valence-corrected chi connectivity index (χ1v) is 9.52. The van der Waals surface area contributed by atoms with Crippen LogP contribution in [0, 0.1) is 12.8 Å². The number of fused-ring (bicyclic) bond motifs is 1. The Morgan fingerprint density at radius 1 is 1.26 bits per heavy atom. The SMILES string of the molecule is Cc1ccc(-c2ccc(C(=O)N3CC[C@@]4(O)CCNC[C@H]4C3)cc2)c(N)n1. The standard InChI is InChI=1S/C21H26N4O2/c1-14-2-7-18(19(22)24-14)15-3-5-16(6-4-15)20(26)25-11-9-21(27)8-10-23-12-17(21)13-25/h2-7,17,23,27H,8-13H2,1H3,(H2,22,24)/t17-,21-/m0/s1. The Kier molecular flexibility index (Phi) is 4.61. The van der Waals surface area contributed by atoms with Crippen molar-refractivity contribution in [3.63, 3.8) is 0 Å². The number of nitrogens with two attached hydrogens (primary N) is 1. The van der Waals surface area contributed by atoms with E-state index in [1.165, 1.54) is 0 Å². The van der Waals surface area contributed by atoms with E-state index in [2.05, 4.69) is 10.3 Å². The summed E-state index contributed by atoms with van der Waals surface area (Å²) in [6, 6.07) is 11.4. The number of piperidine rings is 2. The summed E-state index contributed by atoms with van der Waals surface area (Å²) in [5, 5.41) is 14.1. The number of aromatic nitrogens is 1. The predicted molar refractivity (Wildman–Crippen MR) is 105 cm³/mol. The third-order valence-electron chi connectivity index (χ3n) is 5.93. The van der Waals surface area contributed by atoms with Gasteiger partial charge in [-0.1, -0.05) is 12.1 Å². The molecule has 6 heteroatoms. The summed E-state index contributed by atoms with van der Waals surface area (Å²) in [7, 11) is 0. The molecule has 0 unspecified atom stereocenters. The summed E-state index contributed by atoms with van der Waals surface area (Å²) in [6.07, 6.45) is 1.41. The Morgan fingerprint density at radius 2 is 2.04 bits per heavy atom. The van der Waals surface area contributed by atoms with Crippen LogP contribution in [-0.4, -0.2) is 52.7 Å². The van der Waals surface area contributed by atoms with E-state index in [9.17, 15) is 9.90 Å². The van der Waals surface area contributed by atoms with Crippen LogP contribution in [0.4, 0.5) is 5.82 Å². The molecule has 3 heterocycles. The second-order valence-corrected chi connectivity index (χ2v) is 7.72. The molecule has 4 rings (SSSR count). The number of carbonyl (C=O) groups is 1. The molecule has 0 radical (unpaired) electrons. The quantitative estimate of drug-likeness (QED) is 0.754. The van der Waals surface area contributed by atoms with Crippen molar-refractivity contribution in [2.45, 2.75) is 25.4 Å². The molecule has 2 aliphatic rings. The van der Waals surface area contributed by atoms with Gasteiger partial charge in [0.05, 0.1) is 5.60 Å². The molecule has 1 amide bonds. The average molecular weight is 366 g/mol. The summed E-state index contributed by atoms with van der Waals surface area (Å²) in [5.74, 6) is 0.611. The molecule has 6 nitrogen and oxygen atoms in total. The molecule has 2 fully saturated rings. The second kappa shape index (κ2) is 6.94. The van der Waals surface area contributed by atoms with Crippen LogP contribution in [0.15, 0.2) is 36.4 Å². The van der Waals surface area contributed by atoms with Crippen molar-refractivity contribution < 1.29 is 9.90 Å². The van der Waals surface area contributed by atoms with E-state index in [-0.39, 0.29) is 11.8 Å². The van der Waals surface area contributed by atoms with Gasteiger partial charge in [-0.2, -0.15) is 0 Å². The average Bonchev–Trinajstić information content (AvgIpc) is 2.67. The number of benzene rings is 1. The fourth-order valence-electron chi connectivity index (χ4n) is 4.21. The smallest absolute Gasteiger partial charge is 0.253 e. The third-order valence-corrected chi connectivity index (χ3v) is 5.93. The van der Waals surface area contributed by atoms with Gasteiger partial charge in [-0.05, 0) is 56.1 Å². The highest BCUT2D eigenvalue weighted by Gasteiger charge is 2.43. The third kappa shape index (κ3) is 3.42. The first-order chi connectivity index (χ1) is 13.0. The Balaban J connectivity index is 1.50. The number of nitrogen functional groups attached to an aromatic ring is 1. The molecule has 142 valence electrons. The lowest BCUT2D eigenvalue weighted by Gasteiger charge is -2.47. The van der Waals surface area contributed by atoms with Crippen LogP contribution < -0.4 is 11.1 Å². The van der Waals surface area contributed by atoms with Crippen molar-refractivity contribution in [1.29, 1.82) is 0 Å². The van der Waals surface area contributed by atoms with Crippen molar-refractivity contribution in [3.8, 4) is 11.1 Å². The zero-order chi connectivity index (χ0) is 19.0. The number of likely N-dealkylation sites (tertiary alicyclic amines) is 1. The monoisotopic (exact) mass is 366 g/mol. The van der Waals surface area contributed by atoms with Gasteiger partial charge in [0.1, 0.15) is 5.82 Å². The number of hydrogen-bond donors (Lipinski definition) is 3. The minimum absolute atomic E-state index is 0.0178. The Morgan fingerprint density at radius 3 is 2.78 bits per heavy atom. The van der Waals surface area contributed by atoms with E-state index in [1.807, 2.05) is 48.2 Å². The van der Waals surface area contributed by atoms with Crippen LogP contribution >= 0.6 is 0 Å². The summed E-state index contributed by atoms with van der Waals surface area (Å²) in [5.41, 5.74) is 8.76. The number of pyridine rings is 1. The van der Waals surface area contributed by atoms with E-state index in [0.717, 1.165) is 36.3 Å². The predicted octanol–water partition coefficient (Wildman–Crippen LogP) is 1.83. The highest BCUT2D eigenvalue weighted by Crippen LogP contribution is 2.33. The molecule has 0 saturated carbocycles. The van der Waals surface area contributed by atoms with Crippen LogP contribution in [0.3, 0.4) is 0 Å².